The number of hydrogen-bond acceptors (Lipinski definition) is 6. The lowest BCUT2D eigenvalue weighted by Crippen LogP contribution is -2.30. The van der Waals surface area contributed by atoms with Gasteiger partial charge in [0.15, 0.2) is 9.84 Å². The summed E-state index contributed by atoms with van der Waals surface area (Å²) >= 11 is 0. The van der Waals surface area contributed by atoms with Gasteiger partial charge in [-0.05, 0) is 43.5 Å². The fourth-order valence-electron chi connectivity index (χ4n) is 2.33. The first-order valence-corrected chi connectivity index (χ1v) is 10.5. The topological polar surface area (TPSA) is 107 Å². The molecule has 1 aromatic carbocycles. The number of esters is 1. The quantitative estimate of drug-likeness (QED) is 0.743. The van der Waals surface area contributed by atoms with Gasteiger partial charge in [-0.1, -0.05) is 0 Å². The molecule has 1 atom stereocenters. The van der Waals surface area contributed by atoms with E-state index in [4.69, 9.17) is 4.74 Å². The molecule has 1 N–H and O–H groups in total. The van der Waals surface area contributed by atoms with Crippen LogP contribution in [0.1, 0.15) is 23.7 Å². The monoisotopic (exact) mass is 361 g/mol. The van der Waals surface area contributed by atoms with E-state index in [0.717, 1.165) is 0 Å². The van der Waals surface area contributed by atoms with Gasteiger partial charge < -0.3 is 4.74 Å². The third-order valence-corrected chi connectivity index (χ3v) is 6.84. The number of ether oxygens (including phenoxy) is 1. The first kappa shape index (κ1) is 17.9. The van der Waals surface area contributed by atoms with E-state index < -0.39 is 25.8 Å². The molecular formula is C14H19NO6S2. The van der Waals surface area contributed by atoms with Crippen LogP contribution in [0.15, 0.2) is 29.2 Å². The van der Waals surface area contributed by atoms with E-state index in [-0.39, 0.29) is 41.0 Å². The lowest BCUT2D eigenvalue weighted by molar-refractivity contribution is 0.0526. The largest absolute Gasteiger partial charge is 0.462 e. The highest BCUT2D eigenvalue weighted by atomic mass is 32.2. The molecule has 1 aromatic rings. The predicted octanol–water partition coefficient (Wildman–Crippen LogP) is 0.576. The van der Waals surface area contributed by atoms with Crippen molar-refractivity contribution in [1.29, 1.82) is 0 Å². The number of hydrogen-bond donors (Lipinski definition) is 1. The van der Waals surface area contributed by atoms with Gasteiger partial charge in [0, 0.05) is 6.54 Å². The molecule has 128 valence electrons. The maximum atomic E-state index is 12.2. The van der Waals surface area contributed by atoms with Crippen molar-refractivity contribution in [1.82, 2.24) is 4.72 Å². The van der Waals surface area contributed by atoms with Crippen molar-refractivity contribution < 1.29 is 26.4 Å². The normalized spacial score (nSPS) is 20.3. The third-order valence-electron chi connectivity index (χ3n) is 3.56. The lowest BCUT2D eigenvalue weighted by Gasteiger charge is -2.10. The summed E-state index contributed by atoms with van der Waals surface area (Å²) < 4.78 is 54.3. The van der Waals surface area contributed by atoms with Crippen LogP contribution >= 0.6 is 0 Å². The first-order chi connectivity index (χ1) is 10.7. The van der Waals surface area contributed by atoms with Crippen LogP contribution in [0, 0.1) is 5.92 Å². The Kier molecular flexibility index (Phi) is 5.43. The molecule has 0 aromatic heterocycles. The third kappa shape index (κ3) is 4.76. The molecule has 1 fully saturated rings. The van der Waals surface area contributed by atoms with Crippen LogP contribution in [0.25, 0.3) is 0 Å². The minimum Gasteiger partial charge on any atom is -0.462 e. The molecular weight excluding hydrogens is 342 g/mol. The second kappa shape index (κ2) is 6.98. The van der Waals surface area contributed by atoms with Crippen LogP contribution in [0.2, 0.25) is 0 Å². The molecule has 2 rings (SSSR count). The molecule has 0 aliphatic carbocycles. The van der Waals surface area contributed by atoms with Crippen molar-refractivity contribution in [2.24, 2.45) is 5.92 Å². The minimum atomic E-state index is -3.74. The van der Waals surface area contributed by atoms with Gasteiger partial charge in [-0.2, -0.15) is 0 Å². The van der Waals surface area contributed by atoms with Crippen LogP contribution < -0.4 is 4.72 Å². The molecule has 1 heterocycles. The van der Waals surface area contributed by atoms with Gasteiger partial charge in [-0.3, -0.25) is 0 Å². The Balaban J connectivity index is 2.01. The van der Waals surface area contributed by atoms with Crippen LogP contribution in [0.4, 0.5) is 0 Å². The summed E-state index contributed by atoms with van der Waals surface area (Å²) in [5.41, 5.74) is 0.271. The SMILES string of the molecule is CCOC(=O)c1ccc(S(=O)(=O)NC[C@@H]2CCS(=O)(=O)C2)cc1. The number of carbonyl (C=O) groups excluding carboxylic acids is 1. The van der Waals surface area contributed by atoms with E-state index in [1.165, 1.54) is 24.3 Å². The zero-order chi connectivity index (χ0) is 17.1. The maximum Gasteiger partial charge on any atom is 0.338 e. The van der Waals surface area contributed by atoms with Gasteiger partial charge in [0.25, 0.3) is 0 Å². The van der Waals surface area contributed by atoms with Gasteiger partial charge >= 0.3 is 5.97 Å². The minimum absolute atomic E-state index is 0.0112. The fraction of sp³-hybridized carbons (Fsp3) is 0.500. The van der Waals surface area contributed by atoms with E-state index in [0.29, 0.717) is 6.42 Å². The summed E-state index contributed by atoms with van der Waals surface area (Å²) in [6.45, 7) is 2.01. The average molecular weight is 361 g/mol. The number of sulfonamides is 1. The molecule has 23 heavy (non-hydrogen) atoms. The summed E-state index contributed by atoms with van der Waals surface area (Å²) in [7, 11) is -6.77. The van der Waals surface area contributed by atoms with Crippen LogP contribution in [0.5, 0.6) is 0 Å². The molecule has 0 spiro atoms. The smallest absolute Gasteiger partial charge is 0.338 e. The molecule has 0 amide bonds. The van der Waals surface area contributed by atoms with E-state index in [1.807, 2.05) is 0 Å². The Morgan fingerprint density at radius 2 is 1.96 bits per heavy atom. The molecule has 0 unspecified atom stereocenters. The van der Waals surface area contributed by atoms with E-state index in [1.54, 1.807) is 6.92 Å². The first-order valence-electron chi connectivity index (χ1n) is 7.21. The van der Waals surface area contributed by atoms with Gasteiger partial charge in [0.2, 0.25) is 10.0 Å². The molecule has 1 aliphatic rings. The second-order valence-corrected chi connectivity index (χ2v) is 9.36. The van der Waals surface area contributed by atoms with Crippen molar-refractivity contribution in [3.05, 3.63) is 29.8 Å². The number of carbonyl (C=O) groups is 1. The Bertz CT molecular complexity index is 768. The highest BCUT2D eigenvalue weighted by Crippen LogP contribution is 2.18. The Labute approximate surface area is 136 Å². The average Bonchev–Trinajstić information content (AvgIpc) is 2.85. The van der Waals surface area contributed by atoms with Gasteiger partial charge in [0.05, 0.1) is 28.6 Å². The molecule has 1 aliphatic heterocycles. The number of nitrogens with one attached hydrogen (secondary N) is 1. The van der Waals surface area contributed by atoms with Crippen molar-refractivity contribution in [3.63, 3.8) is 0 Å². The molecule has 9 heteroatoms. The molecule has 0 saturated carbocycles. The summed E-state index contributed by atoms with van der Waals surface area (Å²) in [4.78, 5) is 11.5. The van der Waals surface area contributed by atoms with Crippen LogP contribution in [0.3, 0.4) is 0 Å². The van der Waals surface area contributed by atoms with Crippen molar-refractivity contribution >= 4 is 25.8 Å². The van der Waals surface area contributed by atoms with E-state index in [2.05, 4.69) is 4.72 Å². The highest BCUT2D eigenvalue weighted by Gasteiger charge is 2.29. The van der Waals surface area contributed by atoms with E-state index >= 15 is 0 Å². The van der Waals surface area contributed by atoms with Crippen LogP contribution in [-0.4, -0.2) is 47.5 Å². The summed E-state index contributed by atoms with van der Waals surface area (Å²) in [6.07, 6.45) is 0.465. The zero-order valence-electron chi connectivity index (χ0n) is 12.7. The Morgan fingerprint density at radius 1 is 1.30 bits per heavy atom. The van der Waals surface area contributed by atoms with Crippen LogP contribution in [-0.2, 0) is 24.6 Å². The Morgan fingerprint density at radius 3 is 2.48 bits per heavy atom. The predicted molar refractivity (Wildman–Crippen MR) is 84.3 cm³/mol. The van der Waals surface area contributed by atoms with Gasteiger partial charge in [-0.15, -0.1) is 0 Å². The molecule has 7 nitrogen and oxygen atoms in total. The van der Waals surface area contributed by atoms with Gasteiger partial charge in [-0.25, -0.2) is 26.4 Å². The summed E-state index contributed by atoms with van der Waals surface area (Å²) in [5, 5.41) is 0. The standard InChI is InChI=1S/C14H19NO6S2/c1-2-21-14(16)12-3-5-13(6-4-12)23(19,20)15-9-11-7-8-22(17,18)10-11/h3-6,11,15H,2,7-10H2,1H3/t11-/m0/s1. The summed E-state index contributed by atoms with van der Waals surface area (Å²) in [6, 6.07) is 5.40. The number of rotatable bonds is 6. The second-order valence-electron chi connectivity index (χ2n) is 5.37. The number of benzene rings is 1. The highest BCUT2D eigenvalue weighted by molar-refractivity contribution is 7.91. The molecule has 0 radical (unpaired) electrons. The van der Waals surface area contributed by atoms with Crippen molar-refractivity contribution in [3.8, 4) is 0 Å². The fourth-order valence-corrected chi connectivity index (χ4v) is 5.31. The van der Waals surface area contributed by atoms with Crippen molar-refractivity contribution in [2.45, 2.75) is 18.2 Å². The molecule has 1 saturated heterocycles. The van der Waals surface area contributed by atoms with E-state index in [9.17, 15) is 21.6 Å². The number of sulfone groups is 1. The summed E-state index contributed by atoms with van der Waals surface area (Å²) in [5.74, 6) is -0.598. The maximum absolute atomic E-state index is 12.2. The van der Waals surface area contributed by atoms with Crippen molar-refractivity contribution in [2.75, 3.05) is 24.7 Å². The van der Waals surface area contributed by atoms with Gasteiger partial charge in [0.1, 0.15) is 0 Å². The zero-order valence-corrected chi connectivity index (χ0v) is 14.3. The molecule has 0 bridgehead atoms. The Hall–Kier alpha value is -1.45. The lowest BCUT2D eigenvalue weighted by atomic mass is 10.1.